The number of nitrogens with two attached hydrogens (primary N) is 1. The van der Waals surface area contributed by atoms with Crippen LogP contribution in [0.2, 0.25) is 0 Å². The molecule has 3 N–H and O–H groups in total. The first-order valence-corrected chi connectivity index (χ1v) is 6.89. The monoisotopic (exact) mass is 265 g/mol. The summed E-state index contributed by atoms with van der Waals surface area (Å²) in [5.74, 6) is 0.317. The van der Waals surface area contributed by atoms with E-state index in [0.717, 1.165) is 44.5 Å². The average molecular weight is 265 g/mol. The Morgan fingerprint density at radius 1 is 1.58 bits per heavy atom. The molecule has 1 fully saturated rings. The summed E-state index contributed by atoms with van der Waals surface area (Å²) >= 11 is 0. The predicted octanol–water partition coefficient (Wildman–Crippen LogP) is 1.08. The molecule has 1 saturated heterocycles. The van der Waals surface area contributed by atoms with E-state index in [0.29, 0.717) is 5.84 Å². The molecule has 0 spiro atoms. The van der Waals surface area contributed by atoms with Crippen LogP contribution in [0.3, 0.4) is 0 Å². The molecule has 1 atom stereocenters. The lowest BCUT2D eigenvalue weighted by Crippen LogP contribution is -2.47. The lowest BCUT2D eigenvalue weighted by atomic mass is 10.0. The van der Waals surface area contributed by atoms with Crippen LogP contribution in [0.15, 0.2) is 11.2 Å². The van der Waals surface area contributed by atoms with E-state index in [2.05, 4.69) is 28.1 Å². The fraction of sp³-hybridized carbons (Fsp3) is 0.692. The van der Waals surface area contributed by atoms with Crippen molar-refractivity contribution in [2.75, 3.05) is 6.54 Å². The zero-order chi connectivity index (χ0) is 13.8. The standard InChI is InChI=1S/C13H23N5O/c1-3-10-8-11(17(2)15-10)9-18-7-5-4-6-12(18)13(14)16-19/h8,12,19H,3-7,9H2,1-2H3,(H2,14,16). The highest BCUT2D eigenvalue weighted by atomic mass is 16.4. The molecule has 2 rings (SSSR count). The Balaban J connectivity index is 2.12. The molecule has 0 aliphatic carbocycles. The molecule has 2 heterocycles. The van der Waals surface area contributed by atoms with E-state index in [1.165, 1.54) is 5.69 Å². The van der Waals surface area contributed by atoms with E-state index >= 15 is 0 Å². The van der Waals surface area contributed by atoms with Gasteiger partial charge >= 0.3 is 0 Å². The summed E-state index contributed by atoms with van der Waals surface area (Å²) in [6, 6.07) is 2.18. The molecule has 1 aliphatic heterocycles. The van der Waals surface area contributed by atoms with E-state index in [4.69, 9.17) is 10.9 Å². The van der Waals surface area contributed by atoms with Crippen molar-refractivity contribution in [1.82, 2.24) is 14.7 Å². The van der Waals surface area contributed by atoms with Crippen LogP contribution in [0.25, 0.3) is 0 Å². The maximum absolute atomic E-state index is 8.89. The number of aromatic nitrogens is 2. The van der Waals surface area contributed by atoms with Gasteiger partial charge in [-0.05, 0) is 31.9 Å². The summed E-state index contributed by atoms with van der Waals surface area (Å²) < 4.78 is 1.93. The zero-order valence-electron chi connectivity index (χ0n) is 11.7. The number of likely N-dealkylation sites (tertiary alicyclic amines) is 1. The third-order valence-electron chi connectivity index (χ3n) is 3.83. The summed E-state index contributed by atoms with van der Waals surface area (Å²) in [5, 5.41) is 16.5. The molecule has 6 heteroatoms. The number of hydrogen-bond donors (Lipinski definition) is 2. The van der Waals surface area contributed by atoms with E-state index in [1.807, 2.05) is 11.7 Å². The van der Waals surface area contributed by atoms with Gasteiger partial charge in [0.15, 0.2) is 5.84 Å². The number of amidine groups is 1. The van der Waals surface area contributed by atoms with Crippen LogP contribution in [0.4, 0.5) is 0 Å². The Bertz CT molecular complexity index is 454. The van der Waals surface area contributed by atoms with Crippen molar-refractivity contribution in [1.29, 1.82) is 0 Å². The Kier molecular flexibility index (Phi) is 4.42. The lowest BCUT2D eigenvalue weighted by molar-refractivity contribution is 0.174. The van der Waals surface area contributed by atoms with Crippen molar-refractivity contribution >= 4 is 5.84 Å². The van der Waals surface area contributed by atoms with Gasteiger partial charge in [-0.3, -0.25) is 9.58 Å². The molecule has 0 radical (unpaired) electrons. The fourth-order valence-electron chi connectivity index (χ4n) is 2.68. The van der Waals surface area contributed by atoms with Gasteiger partial charge in [-0.15, -0.1) is 0 Å². The largest absolute Gasteiger partial charge is 0.409 e. The second-order valence-corrected chi connectivity index (χ2v) is 5.11. The van der Waals surface area contributed by atoms with Crippen molar-refractivity contribution in [3.05, 3.63) is 17.5 Å². The van der Waals surface area contributed by atoms with Gasteiger partial charge in [0.25, 0.3) is 0 Å². The minimum Gasteiger partial charge on any atom is -0.409 e. The lowest BCUT2D eigenvalue weighted by Gasteiger charge is -2.34. The van der Waals surface area contributed by atoms with Crippen LogP contribution in [-0.2, 0) is 20.0 Å². The maximum atomic E-state index is 8.89. The fourth-order valence-corrected chi connectivity index (χ4v) is 2.68. The molecule has 6 nitrogen and oxygen atoms in total. The van der Waals surface area contributed by atoms with Crippen molar-refractivity contribution in [3.8, 4) is 0 Å². The van der Waals surface area contributed by atoms with Crippen LogP contribution < -0.4 is 5.73 Å². The van der Waals surface area contributed by atoms with Gasteiger partial charge in [0.1, 0.15) is 0 Å². The predicted molar refractivity (Wildman–Crippen MR) is 74.0 cm³/mol. The number of nitrogens with zero attached hydrogens (tertiary/aromatic N) is 4. The van der Waals surface area contributed by atoms with Crippen molar-refractivity contribution in [2.24, 2.45) is 17.9 Å². The van der Waals surface area contributed by atoms with Gasteiger partial charge in [0, 0.05) is 13.6 Å². The molecular formula is C13H23N5O. The molecule has 0 aromatic carbocycles. The highest BCUT2D eigenvalue weighted by Crippen LogP contribution is 2.20. The Hall–Kier alpha value is -1.56. The molecule has 1 aromatic heterocycles. The first kappa shape index (κ1) is 13.9. The van der Waals surface area contributed by atoms with Gasteiger partial charge in [0.2, 0.25) is 0 Å². The van der Waals surface area contributed by atoms with E-state index in [9.17, 15) is 0 Å². The molecule has 0 bridgehead atoms. The molecule has 1 aliphatic rings. The number of oxime groups is 1. The van der Waals surface area contributed by atoms with Crippen molar-refractivity contribution in [2.45, 2.75) is 45.2 Å². The third kappa shape index (κ3) is 3.07. The SMILES string of the molecule is CCc1cc(CN2CCCCC2C(N)=NO)n(C)n1. The highest BCUT2D eigenvalue weighted by Gasteiger charge is 2.26. The molecular weight excluding hydrogens is 242 g/mol. The molecule has 1 aromatic rings. The maximum Gasteiger partial charge on any atom is 0.156 e. The first-order valence-electron chi connectivity index (χ1n) is 6.89. The summed E-state index contributed by atoms with van der Waals surface area (Å²) in [6.45, 7) is 3.88. The molecule has 19 heavy (non-hydrogen) atoms. The van der Waals surface area contributed by atoms with Gasteiger partial charge in [-0.25, -0.2) is 0 Å². The van der Waals surface area contributed by atoms with E-state index < -0.39 is 0 Å². The number of rotatable bonds is 4. The first-order chi connectivity index (χ1) is 9.15. The summed E-state index contributed by atoms with van der Waals surface area (Å²) in [5.41, 5.74) is 8.08. The van der Waals surface area contributed by atoms with Crippen LogP contribution in [0.1, 0.15) is 37.6 Å². The van der Waals surface area contributed by atoms with Gasteiger partial charge in [0.05, 0.1) is 17.4 Å². The third-order valence-corrected chi connectivity index (χ3v) is 3.83. The highest BCUT2D eigenvalue weighted by molar-refractivity contribution is 5.85. The normalized spacial score (nSPS) is 21.8. The smallest absolute Gasteiger partial charge is 0.156 e. The van der Waals surface area contributed by atoms with Crippen LogP contribution >= 0.6 is 0 Å². The molecule has 0 saturated carbocycles. The molecule has 0 amide bonds. The quantitative estimate of drug-likeness (QED) is 0.369. The number of aryl methyl sites for hydroxylation is 2. The number of piperidine rings is 1. The Morgan fingerprint density at radius 2 is 2.37 bits per heavy atom. The van der Waals surface area contributed by atoms with Crippen molar-refractivity contribution in [3.63, 3.8) is 0 Å². The van der Waals surface area contributed by atoms with Crippen LogP contribution in [0.5, 0.6) is 0 Å². The number of hydrogen-bond acceptors (Lipinski definition) is 4. The average Bonchev–Trinajstić information content (AvgIpc) is 2.79. The van der Waals surface area contributed by atoms with Crippen LogP contribution in [0, 0.1) is 0 Å². The summed E-state index contributed by atoms with van der Waals surface area (Å²) in [7, 11) is 1.97. The second kappa shape index (κ2) is 6.06. The van der Waals surface area contributed by atoms with E-state index in [1.54, 1.807) is 0 Å². The van der Waals surface area contributed by atoms with E-state index in [-0.39, 0.29) is 6.04 Å². The minimum absolute atomic E-state index is 0.0405. The van der Waals surface area contributed by atoms with Gasteiger partial charge < -0.3 is 10.9 Å². The summed E-state index contributed by atoms with van der Waals surface area (Å²) in [4.78, 5) is 2.27. The Morgan fingerprint density at radius 3 is 3.00 bits per heavy atom. The molecule has 1 unspecified atom stereocenters. The Labute approximate surface area is 113 Å². The second-order valence-electron chi connectivity index (χ2n) is 5.11. The van der Waals surface area contributed by atoms with Gasteiger partial charge in [-0.2, -0.15) is 5.10 Å². The topological polar surface area (TPSA) is 79.7 Å². The van der Waals surface area contributed by atoms with Crippen LogP contribution in [-0.4, -0.2) is 38.3 Å². The van der Waals surface area contributed by atoms with Gasteiger partial charge in [-0.1, -0.05) is 18.5 Å². The molecule has 106 valence electrons. The zero-order valence-corrected chi connectivity index (χ0v) is 11.7. The van der Waals surface area contributed by atoms with Crippen molar-refractivity contribution < 1.29 is 5.21 Å². The summed E-state index contributed by atoms with van der Waals surface area (Å²) in [6.07, 6.45) is 4.18. The minimum atomic E-state index is 0.0405.